The van der Waals surface area contributed by atoms with Gasteiger partial charge in [-0.2, -0.15) is 10.4 Å². The maximum Gasteiger partial charge on any atom is 0.205 e. The summed E-state index contributed by atoms with van der Waals surface area (Å²) >= 11 is 0. The summed E-state index contributed by atoms with van der Waals surface area (Å²) in [5, 5.41) is 14.3. The van der Waals surface area contributed by atoms with Crippen molar-refractivity contribution in [3.63, 3.8) is 0 Å². The highest BCUT2D eigenvalue weighted by atomic mass is 19.1. The summed E-state index contributed by atoms with van der Waals surface area (Å²) in [6, 6.07) is 16.0. The van der Waals surface area contributed by atoms with E-state index in [0.29, 0.717) is 28.6 Å². The maximum absolute atomic E-state index is 13.3. The Morgan fingerprint density at radius 2 is 2.07 bits per heavy atom. The number of carbonyl (C=O) groups excluding carboxylic acids is 1. The zero-order valence-electron chi connectivity index (χ0n) is 14.8. The molecule has 0 unspecified atom stereocenters. The molecule has 1 N–H and O–H groups in total. The number of benzene rings is 2. The SMILES string of the molecule is N#CC(=Cc1cnn(Cc2ccccc2)c1)C(=O)c1c[nH]c2cc(F)ccc12. The lowest BCUT2D eigenvalue weighted by atomic mass is 10.0. The number of hydrogen-bond acceptors (Lipinski definition) is 3. The molecule has 4 aromatic rings. The molecule has 28 heavy (non-hydrogen) atoms. The van der Waals surface area contributed by atoms with E-state index in [9.17, 15) is 14.4 Å². The lowest BCUT2D eigenvalue weighted by Crippen LogP contribution is -2.01. The van der Waals surface area contributed by atoms with Crippen molar-refractivity contribution < 1.29 is 9.18 Å². The Bertz CT molecular complexity index is 1230. The van der Waals surface area contributed by atoms with Crippen LogP contribution >= 0.6 is 0 Å². The normalized spacial score (nSPS) is 11.5. The molecule has 5 nitrogen and oxygen atoms in total. The van der Waals surface area contributed by atoms with Gasteiger partial charge in [0, 0.05) is 34.4 Å². The fraction of sp³-hybridized carbons (Fsp3) is 0.0455. The van der Waals surface area contributed by atoms with Crippen molar-refractivity contribution in [2.24, 2.45) is 0 Å². The molecular formula is C22H15FN4O. The summed E-state index contributed by atoms with van der Waals surface area (Å²) < 4.78 is 15.1. The van der Waals surface area contributed by atoms with Gasteiger partial charge in [-0.25, -0.2) is 4.39 Å². The van der Waals surface area contributed by atoms with E-state index in [1.165, 1.54) is 30.5 Å². The minimum absolute atomic E-state index is 0.00974. The van der Waals surface area contributed by atoms with Gasteiger partial charge in [0.1, 0.15) is 17.5 Å². The van der Waals surface area contributed by atoms with E-state index in [1.54, 1.807) is 17.1 Å². The van der Waals surface area contributed by atoms with Crippen molar-refractivity contribution in [3.05, 3.63) is 95.2 Å². The second kappa shape index (κ2) is 7.33. The first kappa shape index (κ1) is 17.4. The molecule has 4 rings (SSSR count). The quantitative estimate of drug-likeness (QED) is 0.323. The Hall–Kier alpha value is -3.98. The number of H-pyrrole nitrogens is 1. The van der Waals surface area contributed by atoms with E-state index in [4.69, 9.17) is 0 Å². The molecule has 0 aliphatic heterocycles. The first-order valence-electron chi connectivity index (χ1n) is 8.63. The second-order valence-corrected chi connectivity index (χ2v) is 6.35. The number of hydrogen-bond donors (Lipinski definition) is 1. The number of halogens is 1. The van der Waals surface area contributed by atoms with Crippen LogP contribution in [-0.2, 0) is 6.54 Å². The Labute approximate surface area is 160 Å². The van der Waals surface area contributed by atoms with Gasteiger partial charge in [-0.05, 0) is 29.8 Å². The molecule has 0 aliphatic rings. The minimum Gasteiger partial charge on any atom is -0.360 e. The number of nitriles is 1. The van der Waals surface area contributed by atoms with Crippen molar-refractivity contribution in [2.75, 3.05) is 0 Å². The number of fused-ring (bicyclic) bond motifs is 1. The molecule has 2 aromatic heterocycles. The molecule has 0 fully saturated rings. The van der Waals surface area contributed by atoms with E-state index in [-0.39, 0.29) is 5.57 Å². The number of aromatic nitrogens is 3. The number of nitrogens with one attached hydrogen (secondary N) is 1. The van der Waals surface area contributed by atoms with Gasteiger partial charge in [-0.3, -0.25) is 9.48 Å². The molecule has 136 valence electrons. The van der Waals surface area contributed by atoms with Gasteiger partial charge in [0.15, 0.2) is 0 Å². The van der Waals surface area contributed by atoms with Gasteiger partial charge in [0.2, 0.25) is 5.78 Å². The molecule has 0 saturated carbocycles. The van der Waals surface area contributed by atoms with E-state index in [1.807, 2.05) is 36.4 Å². The molecule has 0 radical (unpaired) electrons. The van der Waals surface area contributed by atoms with E-state index < -0.39 is 11.6 Å². The topological polar surface area (TPSA) is 74.5 Å². The van der Waals surface area contributed by atoms with Gasteiger partial charge in [0.05, 0.1) is 12.7 Å². The van der Waals surface area contributed by atoms with Gasteiger partial charge >= 0.3 is 0 Å². The smallest absolute Gasteiger partial charge is 0.205 e. The second-order valence-electron chi connectivity index (χ2n) is 6.35. The van der Waals surface area contributed by atoms with E-state index in [2.05, 4.69) is 10.1 Å². The van der Waals surface area contributed by atoms with Crippen molar-refractivity contribution in [2.45, 2.75) is 6.54 Å². The lowest BCUT2D eigenvalue weighted by molar-refractivity contribution is 0.104. The van der Waals surface area contributed by atoms with Crippen LogP contribution in [0.5, 0.6) is 0 Å². The lowest BCUT2D eigenvalue weighted by Gasteiger charge is -2.00. The van der Waals surface area contributed by atoms with Crippen molar-refractivity contribution in [3.8, 4) is 6.07 Å². The fourth-order valence-corrected chi connectivity index (χ4v) is 3.06. The van der Waals surface area contributed by atoms with Gasteiger partial charge in [-0.1, -0.05) is 30.3 Å². The summed E-state index contributed by atoms with van der Waals surface area (Å²) in [6.45, 7) is 0.596. The van der Waals surface area contributed by atoms with Gasteiger partial charge in [0.25, 0.3) is 0 Å². The van der Waals surface area contributed by atoms with Crippen LogP contribution in [0.25, 0.3) is 17.0 Å². The van der Waals surface area contributed by atoms with Crippen molar-refractivity contribution >= 4 is 22.8 Å². The van der Waals surface area contributed by atoms with Crippen LogP contribution in [0.1, 0.15) is 21.5 Å². The predicted molar refractivity (Wildman–Crippen MR) is 104 cm³/mol. The Morgan fingerprint density at radius 1 is 1.25 bits per heavy atom. The number of Topliss-reactive ketones (excluding diaryl/α,β-unsaturated/α-hetero) is 1. The highest BCUT2D eigenvalue weighted by molar-refractivity contribution is 6.19. The third-order valence-electron chi connectivity index (χ3n) is 4.41. The summed E-state index contributed by atoms with van der Waals surface area (Å²) in [6.07, 6.45) is 6.40. The maximum atomic E-state index is 13.3. The number of aromatic amines is 1. The number of nitrogens with zero attached hydrogens (tertiary/aromatic N) is 3. The van der Waals surface area contributed by atoms with Crippen molar-refractivity contribution in [1.29, 1.82) is 5.26 Å². The molecule has 2 heterocycles. The third kappa shape index (κ3) is 3.46. The van der Waals surface area contributed by atoms with E-state index in [0.717, 1.165) is 5.56 Å². The van der Waals surface area contributed by atoms with Crippen LogP contribution < -0.4 is 0 Å². The fourth-order valence-electron chi connectivity index (χ4n) is 3.06. The van der Waals surface area contributed by atoms with Crippen molar-refractivity contribution in [1.82, 2.24) is 14.8 Å². The van der Waals surface area contributed by atoms with Crippen LogP contribution in [0.15, 0.2) is 72.7 Å². The standard InChI is InChI=1S/C22H15FN4O/c23-18-6-7-19-20(12-25-21(19)9-18)22(28)17(10-24)8-16-11-26-27(14-16)13-15-4-2-1-3-5-15/h1-9,11-12,14,25H,13H2. The number of ketones is 1. The largest absolute Gasteiger partial charge is 0.360 e. The third-order valence-corrected chi connectivity index (χ3v) is 4.41. The summed E-state index contributed by atoms with van der Waals surface area (Å²) in [5.74, 6) is -0.814. The first-order chi connectivity index (χ1) is 13.6. The van der Waals surface area contributed by atoms with Gasteiger partial charge in [-0.15, -0.1) is 0 Å². The average molecular weight is 370 g/mol. The molecular weight excluding hydrogens is 355 g/mol. The number of carbonyl (C=O) groups is 1. The van der Waals surface area contributed by atoms with Crippen LogP contribution in [0, 0.1) is 17.1 Å². The molecule has 0 bridgehead atoms. The Kier molecular flexibility index (Phi) is 4.56. The zero-order chi connectivity index (χ0) is 19.5. The predicted octanol–water partition coefficient (Wildman–Crippen LogP) is 4.34. The van der Waals surface area contributed by atoms with E-state index >= 15 is 0 Å². The monoisotopic (exact) mass is 370 g/mol. The Morgan fingerprint density at radius 3 is 2.86 bits per heavy atom. The summed E-state index contributed by atoms with van der Waals surface area (Å²) in [5.41, 5.74) is 2.59. The molecule has 0 aliphatic carbocycles. The molecule has 0 amide bonds. The number of allylic oxidation sites excluding steroid dienone is 1. The highest BCUT2D eigenvalue weighted by Crippen LogP contribution is 2.22. The average Bonchev–Trinajstić information content (AvgIpc) is 3.32. The molecule has 2 aromatic carbocycles. The minimum atomic E-state index is -0.420. The first-order valence-corrected chi connectivity index (χ1v) is 8.63. The van der Waals surface area contributed by atoms with Crippen LogP contribution in [-0.4, -0.2) is 20.5 Å². The zero-order valence-corrected chi connectivity index (χ0v) is 14.8. The van der Waals surface area contributed by atoms with Crippen LogP contribution in [0.3, 0.4) is 0 Å². The Balaban J connectivity index is 1.60. The number of rotatable bonds is 5. The highest BCUT2D eigenvalue weighted by Gasteiger charge is 2.17. The molecule has 0 spiro atoms. The molecule has 0 atom stereocenters. The molecule has 0 saturated heterocycles. The van der Waals surface area contributed by atoms with Gasteiger partial charge < -0.3 is 4.98 Å². The summed E-state index contributed by atoms with van der Waals surface area (Å²) in [4.78, 5) is 15.7. The van der Waals surface area contributed by atoms with Crippen LogP contribution in [0.4, 0.5) is 4.39 Å². The summed E-state index contributed by atoms with van der Waals surface area (Å²) in [7, 11) is 0. The molecule has 6 heteroatoms. The van der Waals surface area contributed by atoms with Crippen LogP contribution in [0.2, 0.25) is 0 Å².